The Morgan fingerprint density at radius 1 is 1.18 bits per heavy atom. The van der Waals surface area contributed by atoms with E-state index in [1.165, 1.54) is 4.52 Å². The second-order valence-electron chi connectivity index (χ2n) is 4.98. The fraction of sp³-hybridized carbons (Fsp3) is 0.267. The van der Waals surface area contributed by atoms with Gasteiger partial charge in [-0.1, -0.05) is 24.9 Å². The summed E-state index contributed by atoms with van der Waals surface area (Å²) in [4.78, 5) is 0. The van der Waals surface area contributed by atoms with E-state index in [0.29, 0.717) is 10.8 Å². The summed E-state index contributed by atoms with van der Waals surface area (Å²) in [6.45, 7) is 2.09. The summed E-state index contributed by atoms with van der Waals surface area (Å²) in [6.07, 6.45) is 2.81. The molecule has 114 valence electrons. The molecule has 0 aliphatic rings. The van der Waals surface area contributed by atoms with Gasteiger partial charge in [0, 0.05) is 0 Å². The largest absolute Gasteiger partial charge is 0.207 e. The van der Waals surface area contributed by atoms with Crippen LogP contribution in [0.1, 0.15) is 25.3 Å². The molecule has 0 N–H and O–H groups in total. The maximum absolute atomic E-state index is 13.9. The van der Waals surface area contributed by atoms with Crippen LogP contribution in [0, 0.1) is 11.6 Å². The van der Waals surface area contributed by atoms with Gasteiger partial charge in [0.05, 0.1) is 5.56 Å². The van der Waals surface area contributed by atoms with Crippen LogP contribution in [0.4, 0.5) is 8.78 Å². The highest BCUT2D eigenvalue weighted by Crippen LogP contribution is 2.24. The third-order valence-corrected chi connectivity index (χ3v) is 3.71. The zero-order valence-electron chi connectivity index (χ0n) is 11.9. The van der Waals surface area contributed by atoms with E-state index in [1.807, 2.05) is 0 Å². The minimum atomic E-state index is -0.594. The van der Waals surface area contributed by atoms with E-state index in [9.17, 15) is 8.78 Å². The molecule has 3 rings (SSSR count). The van der Waals surface area contributed by atoms with Gasteiger partial charge in [-0.2, -0.15) is 9.61 Å². The summed E-state index contributed by atoms with van der Waals surface area (Å²) in [5.41, 5.74) is 1.32. The SMILES string of the molecule is CCCCc1cc2nnc(-c3cc(F)ccc3F)n2nc1Cl. The molecule has 0 spiro atoms. The Kier molecular flexibility index (Phi) is 4.02. The maximum Gasteiger partial charge on any atom is 0.188 e. The molecule has 0 radical (unpaired) electrons. The van der Waals surface area contributed by atoms with E-state index in [2.05, 4.69) is 22.2 Å². The molecule has 0 fully saturated rings. The van der Waals surface area contributed by atoms with Crippen molar-refractivity contribution in [2.45, 2.75) is 26.2 Å². The molecule has 0 amide bonds. The Morgan fingerprint density at radius 2 is 2.00 bits per heavy atom. The summed E-state index contributed by atoms with van der Waals surface area (Å²) in [5, 5.41) is 12.4. The molecule has 0 saturated heterocycles. The molecule has 3 aromatic rings. The molecule has 7 heteroatoms. The van der Waals surface area contributed by atoms with Crippen LogP contribution in [0.2, 0.25) is 5.15 Å². The van der Waals surface area contributed by atoms with Crippen LogP contribution in [0.5, 0.6) is 0 Å². The van der Waals surface area contributed by atoms with Gasteiger partial charge in [-0.05, 0) is 42.7 Å². The van der Waals surface area contributed by atoms with E-state index in [4.69, 9.17) is 11.6 Å². The van der Waals surface area contributed by atoms with Crippen molar-refractivity contribution >= 4 is 17.2 Å². The molecule has 1 aromatic carbocycles. The first kappa shape index (κ1) is 14.8. The summed E-state index contributed by atoms with van der Waals surface area (Å²) in [7, 11) is 0. The number of benzene rings is 1. The first-order chi connectivity index (χ1) is 10.6. The Labute approximate surface area is 130 Å². The van der Waals surface area contributed by atoms with Crippen LogP contribution in [-0.4, -0.2) is 19.8 Å². The van der Waals surface area contributed by atoms with E-state index in [-0.39, 0.29) is 11.4 Å². The third-order valence-electron chi connectivity index (χ3n) is 3.39. The van der Waals surface area contributed by atoms with Crippen LogP contribution in [0.3, 0.4) is 0 Å². The average Bonchev–Trinajstić information content (AvgIpc) is 2.90. The predicted octanol–water partition coefficient (Wildman–Crippen LogP) is 4.07. The molecule has 2 heterocycles. The van der Waals surface area contributed by atoms with Crippen LogP contribution < -0.4 is 0 Å². The summed E-state index contributed by atoms with van der Waals surface area (Å²) in [5.74, 6) is -1.03. The molecular weight excluding hydrogens is 310 g/mol. The first-order valence-electron chi connectivity index (χ1n) is 6.96. The molecule has 0 bridgehead atoms. The second-order valence-corrected chi connectivity index (χ2v) is 5.34. The smallest absolute Gasteiger partial charge is 0.188 e. The van der Waals surface area contributed by atoms with Crippen molar-refractivity contribution in [1.82, 2.24) is 19.8 Å². The van der Waals surface area contributed by atoms with Crippen molar-refractivity contribution < 1.29 is 8.78 Å². The summed E-state index contributed by atoms with van der Waals surface area (Å²) >= 11 is 6.17. The van der Waals surface area contributed by atoms with Gasteiger partial charge in [-0.3, -0.25) is 0 Å². The van der Waals surface area contributed by atoms with Gasteiger partial charge in [0.25, 0.3) is 0 Å². The normalized spacial score (nSPS) is 11.3. The third kappa shape index (κ3) is 2.66. The molecular formula is C15H13ClF2N4. The molecule has 0 aliphatic heterocycles. The molecule has 0 saturated carbocycles. The summed E-state index contributed by atoms with van der Waals surface area (Å²) in [6, 6.07) is 4.93. The molecule has 22 heavy (non-hydrogen) atoms. The minimum absolute atomic E-state index is 0.00243. The highest BCUT2D eigenvalue weighted by molar-refractivity contribution is 6.30. The van der Waals surface area contributed by atoms with Crippen molar-refractivity contribution in [3.05, 3.63) is 46.6 Å². The standard InChI is InChI=1S/C15H13ClF2N4/c1-2-3-4-9-7-13-19-20-15(22(13)21-14(9)16)11-8-10(17)5-6-12(11)18/h5-8H,2-4H2,1H3. The van der Waals surface area contributed by atoms with Gasteiger partial charge in [0.1, 0.15) is 11.6 Å². The van der Waals surface area contributed by atoms with Crippen LogP contribution >= 0.6 is 11.6 Å². The summed E-state index contributed by atoms with van der Waals surface area (Å²) < 4.78 is 28.6. The number of aromatic nitrogens is 4. The van der Waals surface area contributed by atoms with Crippen molar-refractivity contribution in [2.24, 2.45) is 0 Å². The topological polar surface area (TPSA) is 43.1 Å². The lowest BCUT2D eigenvalue weighted by Crippen LogP contribution is -2.00. The minimum Gasteiger partial charge on any atom is -0.207 e. The number of hydrogen-bond acceptors (Lipinski definition) is 3. The van der Waals surface area contributed by atoms with Gasteiger partial charge >= 0.3 is 0 Å². The second kappa shape index (κ2) is 5.96. The molecule has 0 aliphatic carbocycles. The quantitative estimate of drug-likeness (QED) is 0.727. The monoisotopic (exact) mass is 322 g/mol. The molecule has 4 nitrogen and oxygen atoms in total. The fourth-order valence-corrected chi connectivity index (χ4v) is 2.45. The van der Waals surface area contributed by atoms with E-state index < -0.39 is 11.6 Å². The number of aryl methyl sites for hydroxylation is 1. The highest BCUT2D eigenvalue weighted by atomic mass is 35.5. The maximum atomic E-state index is 13.9. The highest BCUT2D eigenvalue weighted by Gasteiger charge is 2.16. The van der Waals surface area contributed by atoms with Crippen LogP contribution in [0.25, 0.3) is 17.0 Å². The first-order valence-corrected chi connectivity index (χ1v) is 7.34. The van der Waals surface area contributed by atoms with E-state index in [1.54, 1.807) is 6.07 Å². The zero-order valence-corrected chi connectivity index (χ0v) is 12.6. The Bertz CT molecular complexity index is 832. The number of fused-ring (bicyclic) bond motifs is 1. The van der Waals surface area contributed by atoms with Gasteiger partial charge in [-0.15, -0.1) is 10.2 Å². The van der Waals surface area contributed by atoms with Crippen LogP contribution in [0.15, 0.2) is 24.3 Å². The number of halogens is 3. The van der Waals surface area contributed by atoms with Gasteiger partial charge in [0.2, 0.25) is 0 Å². The number of unbranched alkanes of at least 4 members (excludes halogenated alkanes) is 1. The lowest BCUT2D eigenvalue weighted by atomic mass is 10.1. The fourth-order valence-electron chi connectivity index (χ4n) is 2.23. The number of rotatable bonds is 4. The zero-order chi connectivity index (χ0) is 15.7. The molecule has 2 aromatic heterocycles. The lowest BCUT2D eigenvalue weighted by Gasteiger charge is -2.05. The van der Waals surface area contributed by atoms with Crippen molar-refractivity contribution in [3.63, 3.8) is 0 Å². The van der Waals surface area contributed by atoms with Crippen molar-refractivity contribution in [1.29, 1.82) is 0 Å². The lowest BCUT2D eigenvalue weighted by molar-refractivity contribution is 0.601. The predicted molar refractivity (Wildman–Crippen MR) is 79.8 cm³/mol. The van der Waals surface area contributed by atoms with Crippen molar-refractivity contribution in [2.75, 3.05) is 0 Å². The Hall–Kier alpha value is -2.08. The average molecular weight is 323 g/mol. The van der Waals surface area contributed by atoms with Crippen LogP contribution in [-0.2, 0) is 6.42 Å². The van der Waals surface area contributed by atoms with E-state index >= 15 is 0 Å². The number of nitrogens with zero attached hydrogens (tertiary/aromatic N) is 4. The number of hydrogen-bond donors (Lipinski definition) is 0. The Balaban J connectivity index is 2.12. The molecule has 0 unspecified atom stereocenters. The van der Waals surface area contributed by atoms with Gasteiger partial charge in [-0.25, -0.2) is 8.78 Å². The van der Waals surface area contributed by atoms with Crippen molar-refractivity contribution in [3.8, 4) is 11.4 Å². The van der Waals surface area contributed by atoms with E-state index in [0.717, 1.165) is 43.0 Å². The molecule has 0 atom stereocenters. The Morgan fingerprint density at radius 3 is 2.77 bits per heavy atom. The van der Waals surface area contributed by atoms with Gasteiger partial charge in [0.15, 0.2) is 16.6 Å². The van der Waals surface area contributed by atoms with Gasteiger partial charge < -0.3 is 0 Å².